The number of aromatic nitrogens is 1. The molecule has 0 saturated heterocycles. The molecule has 1 N–H and O–H groups in total. The van der Waals surface area contributed by atoms with Crippen LogP contribution in [0.1, 0.15) is 71.1 Å². The summed E-state index contributed by atoms with van der Waals surface area (Å²) in [5.41, 5.74) is 0. The predicted octanol–water partition coefficient (Wildman–Crippen LogP) is 6.96. The fourth-order valence-electron chi connectivity index (χ4n) is 2.65. The minimum absolute atomic E-state index is 1.18. The molecule has 0 aliphatic carbocycles. The number of hydrogen-bond donors (Lipinski definition) is 0. The van der Waals surface area contributed by atoms with Gasteiger partial charge in [0.05, 0.1) is 0 Å². The fraction of sp³-hybridized carbons (Fsp3) is 0.571. The fourth-order valence-corrected chi connectivity index (χ4v) is 3.05. The highest BCUT2D eigenvalue weighted by atomic mass is 79.9. The van der Waals surface area contributed by atoms with Crippen LogP contribution in [-0.2, 0) is 0 Å². The predicted molar refractivity (Wildman–Crippen MR) is 106 cm³/mol. The molecule has 2 rings (SSSR count). The van der Waals surface area contributed by atoms with Crippen molar-refractivity contribution in [2.45, 2.75) is 71.1 Å². The normalized spacial score (nSPS) is 10.3. The number of alkyl halides is 1. The van der Waals surface area contributed by atoms with E-state index in [1.165, 1.54) is 80.3 Å². The third kappa shape index (κ3) is 10.5. The highest BCUT2D eigenvalue weighted by Gasteiger charge is 1.91. The second kappa shape index (κ2) is 14.7. The Hall–Kier alpha value is -0.890. The van der Waals surface area contributed by atoms with Crippen LogP contribution in [0.2, 0.25) is 0 Å². The van der Waals surface area contributed by atoms with Gasteiger partial charge in [0, 0.05) is 16.8 Å². The Bertz CT molecular complexity index is 422. The summed E-state index contributed by atoms with van der Waals surface area (Å²) in [5, 5.41) is 3.72. The highest BCUT2D eigenvalue weighted by molar-refractivity contribution is 9.09. The van der Waals surface area contributed by atoms with Gasteiger partial charge in [0.2, 0.25) is 0 Å². The second-order valence-corrected chi connectivity index (χ2v) is 6.94. The lowest BCUT2D eigenvalue weighted by Gasteiger charge is -2.00. The van der Waals surface area contributed by atoms with Gasteiger partial charge in [0.25, 0.3) is 0 Å². The molecular formula is C21H33BrN+. The Balaban J connectivity index is 0.000000235. The summed E-state index contributed by atoms with van der Waals surface area (Å²) in [6, 6.07) is 10.3. The van der Waals surface area contributed by atoms with E-state index in [0.29, 0.717) is 0 Å². The van der Waals surface area contributed by atoms with Crippen molar-refractivity contribution in [3.63, 3.8) is 0 Å². The SMILES string of the molecule is CCCCCCCCCCCCBr.c1ccc2c[nH+]ccc2c1. The number of unbranched alkanes of at least 4 members (excludes halogenated alkanes) is 9. The molecule has 0 fully saturated rings. The van der Waals surface area contributed by atoms with E-state index in [2.05, 4.69) is 46.0 Å². The lowest BCUT2D eigenvalue weighted by atomic mass is 10.1. The number of hydrogen-bond acceptors (Lipinski definition) is 0. The standard InChI is InChI=1S/C12H25Br.C9H7N/c1-2-3-4-5-6-7-8-9-10-11-12-13;1-2-4-9-7-10-6-5-8(9)3-1/h2-12H2,1H3;1-7H/p+1. The van der Waals surface area contributed by atoms with Crippen molar-refractivity contribution in [2.75, 3.05) is 5.33 Å². The number of nitrogens with one attached hydrogen (secondary N) is 1. The Morgan fingerprint density at radius 2 is 1.30 bits per heavy atom. The first-order valence-electron chi connectivity index (χ1n) is 9.29. The highest BCUT2D eigenvalue weighted by Crippen LogP contribution is 2.10. The van der Waals surface area contributed by atoms with Crippen LogP contribution in [0.5, 0.6) is 0 Å². The number of aromatic amines is 1. The summed E-state index contributed by atoms with van der Waals surface area (Å²) >= 11 is 3.46. The van der Waals surface area contributed by atoms with Crippen molar-refractivity contribution in [2.24, 2.45) is 0 Å². The molecule has 1 heterocycles. The maximum atomic E-state index is 3.46. The Kier molecular flexibility index (Phi) is 12.9. The number of H-pyrrole nitrogens is 1. The third-order valence-corrected chi connectivity index (χ3v) is 4.64. The molecule has 128 valence electrons. The van der Waals surface area contributed by atoms with Gasteiger partial charge in [-0.3, -0.25) is 0 Å². The van der Waals surface area contributed by atoms with Crippen LogP contribution in [0.25, 0.3) is 10.8 Å². The molecule has 1 aromatic heterocycles. The Labute approximate surface area is 151 Å². The average Bonchev–Trinajstić information content (AvgIpc) is 2.61. The van der Waals surface area contributed by atoms with Gasteiger partial charge in [-0.25, -0.2) is 4.98 Å². The molecule has 0 aliphatic rings. The maximum absolute atomic E-state index is 3.46. The molecular weight excluding hydrogens is 346 g/mol. The molecule has 1 nitrogen and oxygen atoms in total. The first-order valence-corrected chi connectivity index (χ1v) is 10.4. The minimum atomic E-state index is 1.18. The maximum Gasteiger partial charge on any atom is 0.174 e. The van der Waals surface area contributed by atoms with E-state index in [9.17, 15) is 0 Å². The molecule has 0 spiro atoms. The van der Waals surface area contributed by atoms with Gasteiger partial charge in [-0.1, -0.05) is 98.8 Å². The van der Waals surface area contributed by atoms with Gasteiger partial charge in [-0.05, 0) is 17.9 Å². The number of rotatable bonds is 10. The van der Waals surface area contributed by atoms with Gasteiger partial charge >= 0.3 is 0 Å². The topological polar surface area (TPSA) is 14.1 Å². The molecule has 23 heavy (non-hydrogen) atoms. The largest absolute Gasteiger partial charge is 0.217 e. The van der Waals surface area contributed by atoms with Crippen LogP contribution in [0.15, 0.2) is 42.7 Å². The number of pyridine rings is 1. The van der Waals surface area contributed by atoms with E-state index in [1.54, 1.807) is 0 Å². The smallest absolute Gasteiger partial charge is 0.174 e. The molecule has 1 aromatic carbocycles. The van der Waals surface area contributed by atoms with Crippen LogP contribution < -0.4 is 4.98 Å². The lowest BCUT2D eigenvalue weighted by molar-refractivity contribution is -0.375. The van der Waals surface area contributed by atoms with Crippen LogP contribution >= 0.6 is 15.9 Å². The van der Waals surface area contributed by atoms with Gasteiger partial charge in [0.1, 0.15) is 0 Å². The molecule has 0 radical (unpaired) electrons. The molecule has 0 bridgehead atoms. The van der Waals surface area contributed by atoms with E-state index in [-0.39, 0.29) is 0 Å². The zero-order valence-corrected chi connectivity index (χ0v) is 16.3. The lowest BCUT2D eigenvalue weighted by Crippen LogP contribution is -1.96. The zero-order valence-electron chi connectivity index (χ0n) is 14.7. The molecule has 2 heteroatoms. The van der Waals surface area contributed by atoms with E-state index in [4.69, 9.17) is 0 Å². The van der Waals surface area contributed by atoms with Crippen molar-refractivity contribution in [3.8, 4) is 0 Å². The van der Waals surface area contributed by atoms with Crippen molar-refractivity contribution in [3.05, 3.63) is 42.7 Å². The summed E-state index contributed by atoms with van der Waals surface area (Å²) in [6.45, 7) is 2.28. The van der Waals surface area contributed by atoms with Crippen molar-refractivity contribution in [1.29, 1.82) is 0 Å². The zero-order chi connectivity index (χ0) is 16.6. The third-order valence-electron chi connectivity index (χ3n) is 4.08. The van der Waals surface area contributed by atoms with Gasteiger partial charge < -0.3 is 0 Å². The number of fused-ring (bicyclic) bond motifs is 1. The summed E-state index contributed by atoms with van der Waals surface area (Å²) in [5.74, 6) is 0. The van der Waals surface area contributed by atoms with Crippen molar-refractivity contribution >= 4 is 26.7 Å². The van der Waals surface area contributed by atoms with Crippen LogP contribution in [0, 0.1) is 0 Å². The Morgan fingerprint density at radius 3 is 1.87 bits per heavy atom. The molecule has 0 aliphatic heterocycles. The number of halogens is 1. The van der Waals surface area contributed by atoms with Crippen LogP contribution in [-0.4, -0.2) is 5.33 Å². The molecule has 0 saturated carbocycles. The van der Waals surface area contributed by atoms with Crippen molar-refractivity contribution < 1.29 is 4.98 Å². The van der Waals surface area contributed by atoms with E-state index in [1.807, 2.05) is 24.5 Å². The molecule has 0 atom stereocenters. The van der Waals surface area contributed by atoms with Crippen molar-refractivity contribution in [1.82, 2.24) is 0 Å². The van der Waals surface area contributed by atoms with Gasteiger partial charge in [-0.15, -0.1) is 0 Å². The number of benzene rings is 1. The summed E-state index contributed by atoms with van der Waals surface area (Å²) in [7, 11) is 0. The summed E-state index contributed by atoms with van der Waals surface area (Å²) < 4.78 is 0. The monoisotopic (exact) mass is 378 g/mol. The summed E-state index contributed by atoms with van der Waals surface area (Å²) in [6.07, 6.45) is 18.3. The average molecular weight is 379 g/mol. The van der Waals surface area contributed by atoms with Gasteiger partial charge in [-0.2, -0.15) is 0 Å². The van der Waals surface area contributed by atoms with Crippen LogP contribution in [0.4, 0.5) is 0 Å². The second-order valence-electron chi connectivity index (χ2n) is 6.14. The molecule has 0 unspecified atom stereocenters. The first-order chi connectivity index (χ1) is 11.4. The minimum Gasteiger partial charge on any atom is -0.217 e. The quantitative estimate of drug-likeness (QED) is 0.313. The van der Waals surface area contributed by atoms with Gasteiger partial charge in [0.15, 0.2) is 12.4 Å². The van der Waals surface area contributed by atoms with Crippen LogP contribution in [0.3, 0.4) is 0 Å². The van der Waals surface area contributed by atoms with E-state index >= 15 is 0 Å². The Morgan fingerprint density at radius 1 is 0.739 bits per heavy atom. The molecule has 0 amide bonds. The molecule has 2 aromatic rings. The van der Waals surface area contributed by atoms with E-state index < -0.39 is 0 Å². The first kappa shape index (κ1) is 20.2. The van der Waals surface area contributed by atoms with E-state index in [0.717, 1.165) is 0 Å². The summed E-state index contributed by atoms with van der Waals surface area (Å²) in [4.78, 5) is 3.04.